The Bertz CT molecular complexity index is 1250. The molecule has 4 rings (SSSR count). The summed E-state index contributed by atoms with van der Waals surface area (Å²) in [4.78, 5) is 17.8. The molecule has 0 atom stereocenters. The number of benzene rings is 1. The van der Waals surface area contributed by atoms with Crippen molar-refractivity contribution in [2.45, 2.75) is 24.0 Å². The zero-order valence-corrected chi connectivity index (χ0v) is 19.2. The third-order valence-electron chi connectivity index (χ3n) is 5.18. The molecule has 2 aromatic heterocycles. The minimum atomic E-state index is -3.55. The summed E-state index contributed by atoms with van der Waals surface area (Å²) in [6.45, 7) is 2.65. The van der Waals surface area contributed by atoms with Gasteiger partial charge in [0.25, 0.3) is 15.9 Å². The Hall–Kier alpha value is -1.52. The van der Waals surface area contributed by atoms with Gasteiger partial charge in [0, 0.05) is 26.1 Å². The van der Waals surface area contributed by atoms with Crippen LogP contribution in [0.3, 0.4) is 0 Å². The number of aryl methyl sites for hydroxylation is 2. The van der Waals surface area contributed by atoms with Crippen LogP contribution in [0.5, 0.6) is 0 Å². The number of nitrogens with zero attached hydrogens (tertiary/aromatic N) is 3. The fourth-order valence-electron chi connectivity index (χ4n) is 3.60. The Morgan fingerprint density at radius 2 is 1.90 bits per heavy atom. The van der Waals surface area contributed by atoms with Crippen LogP contribution in [0.2, 0.25) is 4.34 Å². The maximum atomic E-state index is 12.8. The molecule has 3 heterocycles. The van der Waals surface area contributed by atoms with E-state index in [4.69, 9.17) is 11.6 Å². The van der Waals surface area contributed by atoms with Crippen molar-refractivity contribution < 1.29 is 13.2 Å². The van der Waals surface area contributed by atoms with Gasteiger partial charge in [0.15, 0.2) is 4.80 Å². The van der Waals surface area contributed by atoms with Gasteiger partial charge < -0.3 is 4.57 Å². The summed E-state index contributed by atoms with van der Waals surface area (Å²) in [5, 5.41) is 0. The van der Waals surface area contributed by atoms with Crippen LogP contribution >= 0.6 is 34.3 Å². The quantitative estimate of drug-likeness (QED) is 0.585. The zero-order chi connectivity index (χ0) is 20.8. The number of para-hydroxylation sites is 1. The predicted octanol–water partition coefficient (Wildman–Crippen LogP) is 3.79. The lowest BCUT2D eigenvalue weighted by molar-refractivity contribution is -0.122. The minimum absolute atomic E-state index is 0.180. The summed E-state index contributed by atoms with van der Waals surface area (Å²) in [6.07, 6.45) is 0.933. The zero-order valence-electron chi connectivity index (χ0n) is 16.0. The van der Waals surface area contributed by atoms with Crippen LogP contribution < -0.4 is 4.80 Å². The molecule has 0 saturated carbocycles. The fraction of sp³-hybridized carbons (Fsp3) is 0.368. The molecule has 1 aliphatic rings. The number of carbonyl (C=O) groups excluding carboxylic acids is 1. The van der Waals surface area contributed by atoms with Crippen molar-refractivity contribution in [2.75, 3.05) is 13.1 Å². The molecule has 0 bridgehead atoms. The molecule has 0 N–H and O–H groups in total. The van der Waals surface area contributed by atoms with E-state index >= 15 is 0 Å². The second-order valence-corrected chi connectivity index (χ2v) is 11.9. The maximum Gasteiger partial charge on any atom is 0.252 e. The van der Waals surface area contributed by atoms with Crippen LogP contribution in [-0.4, -0.2) is 36.3 Å². The minimum Gasteiger partial charge on any atom is -0.319 e. The lowest BCUT2D eigenvalue weighted by Crippen LogP contribution is -2.40. The topological polar surface area (TPSA) is 71.7 Å². The van der Waals surface area contributed by atoms with Crippen LogP contribution in [0.4, 0.5) is 0 Å². The van der Waals surface area contributed by atoms with Crippen LogP contribution in [0.1, 0.15) is 18.4 Å². The van der Waals surface area contributed by atoms with Gasteiger partial charge in [-0.25, -0.2) is 8.42 Å². The van der Waals surface area contributed by atoms with Gasteiger partial charge in [-0.2, -0.15) is 9.30 Å². The standard InChI is InChI=1S/C19H20ClN3O3S3/c1-12-4-3-5-14-17(12)22(2)19(27-14)21-18(24)13-8-10-23(11-9-13)29(25,26)16-7-6-15(20)28-16/h3-7,13H,8-11H2,1-2H3. The summed E-state index contributed by atoms with van der Waals surface area (Å²) in [7, 11) is -1.64. The molecular formula is C19H20ClN3O3S3. The predicted molar refractivity (Wildman–Crippen MR) is 117 cm³/mol. The number of carbonyl (C=O) groups is 1. The van der Waals surface area contributed by atoms with Gasteiger partial charge in [-0.3, -0.25) is 4.79 Å². The summed E-state index contributed by atoms with van der Waals surface area (Å²) in [5.74, 6) is -0.444. The van der Waals surface area contributed by atoms with Crippen molar-refractivity contribution in [2.24, 2.45) is 18.0 Å². The number of halogens is 1. The Morgan fingerprint density at radius 1 is 1.17 bits per heavy atom. The molecular weight excluding hydrogens is 450 g/mol. The van der Waals surface area contributed by atoms with Crippen LogP contribution in [-0.2, 0) is 21.9 Å². The molecule has 1 fully saturated rings. The third-order valence-corrected chi connectivity index (χ3v) is 9.87. The van der Waals surface area contributed by atoms with Gasteiger partial charge in [-0.1, -0.05) is 35.1 Å². The average molecular weight is 470 g/mol. The average Bonchev–Trinajstić information content (AvgIpc) is 3.27. The maximum absolute atomic E-state index is 12.8. The first-order valence-corrected chi connectivity index (χ1v) is 12.6. The molecule has 0 unspecified atom stereocenters. The van der Waals surface area contributed by atoms with E-state index in [2.05, 4.69) is 4.99 Å². The molecule has 1 aromatic carbocycles. The number of hydrogen-bond donors (Lipinski definition) is 0. The highest BCUT2D eigenvalue weighted by molar-refractivity contribution is 7.91. The van der Waals surface area contributed by atoms with Crippen LogP contribution in [0.25, 0.3) is 10.2 Å². The van der Waals surface area contributed by atoms with E-state index in [1.165, 1.54) is 21.7 Å². The van der Waals surface area contributed by atoms with Gasteiger partial charge >= 0.3 is 0 Å². The van der Waals surface area contributed by atoms with Crippen LogP contribution in [0.15, 0.2) is 39.5 Å². The number of hydrogen-bond acceptors (Lipinski definition) is 5. The second-order valence-electron chi connectivity index (χ2n) is 7.05. The van der Waals surface area contributed by atoms with Crippen molar-refractivity contribution in [3.8, 4) is 0 Å². The Labute approximate surface area is 182 Å². The van der Waals surface area contributed by atoms with E-state index in [0.29, 0.717) is 35.1 Å². The van der Waals surface area contributed by atoms with E-state index in [1.807, 2.05) is 36.7 Å². The van der Waals surface area contributed by atoms with E-state index in [-0.39, 0.29) is 16.0 Å². The van der Waals surface area contributed by atoms with Crippen molar-refractivity contribution >= 4 is 60.4 Å². The van der Waals surface area contributed by atoms with Gasteiger partial charge in [-0.05, 0) is 43.5 Å². The monoisotopic (exact) mass is 469 g/mol. The molecule has 3 aromatic rings. The Balaban J connectivity index is 1.51. The smallest absolute Gasteiger partial charge is 0.252 e. The number of thiophene rings is 1. The summed E-state index contributed by atoms with van der Waals surface area (Å²) >= 11 is 8.42. The van der Waals surface area contributed by atoms with Gasteiger partial charge in [-0.15, -0.1) is 11.3 Å². The second kappa shape index (κ2) is 7.96. The molecule has 1 saturated heterocycles. The number of sulfonamides is 1. The van der Waals surface area contributed by atoms with Crippen LogP contribution in [0, 0.1) is 12.8 Å². The molecule has 154 valence electrons. The largest absolute Gasteiger partial charge is 0.319 e. The molecule has 6 nitrogen and oxygen atoms in total. The van der Waals surface area contributed by atoms with Crippen molar-refractivity contribution in [3.05, 3.63) is 45.0 Å². The Morgan fingerprint density at radius 3 is 2.52 bits per heavy atom. The number of fused-ring (bicyclic) bond motifs is 1. The van der Waals surface area contributed by atoms with Crippen molar-refractivity contribution in [1.29, 1.82) is 0 Å². The first-order valence-electron chi connectivity index (χ1n) is 9.16. The summed E-state index contributed by atoms with van der Waals surface area (Å²) < 4.78 is 30.6. The summed E-state index contributed by atoms with van der Waals surface area (Å²) in [6, 6.07) is 9.17. The van der Waals surface area contributed by atoms with E-state index in [0.717, 1.165) is 27.1 Å². The number of piperidine rings is 1. The molecule has 0 radical (unpaired) electrons. The number of thiazole rings is 1. The lowest BCUT2D eigenvalue weighted by Gasteiger charge is -2.29. The van der Waals surface area contributed by atoms with Gasteiger partial charge in [0.2, 0.25) is 0 Å². The fourth-order valence-corrected chi connectivity index (χ4v) is 7.81. The normalized spacial score (nSPS) is 17.3. The first kappa shape index (κ1) is 20.7. The molecule has 0 aliphatic carbocycles. The molecule has 1 amide bonds. The number of rotatable bonds is 3. The molecule has 10 heteroatoms. The van der Waals surface area contributed by atoms with Crippen molar-refractivity contribution in [1.82, 2.24) is 8.87 Å². The van der Waals surface area contributed by atoms with Crippen molar-refractivity contribution in [3.63, 3.8) is 0 Å². The number of aromatic nitrogens is 1. The third kappa shape index (κ3) is 3.94. The van der Waals surface area contributed by atoms with E-state index in [1.54, 1.807) is 6.07 Å². The SMILES string of the molecule is Cc1cccc2sc(=NC(=O)C3CCN(S(=O)(=O)c4ccc(Cl)s4)CC3)n(C)c12. The molecule has 1 aliphatic heterocycles. The highest BCUT2D eigenvalue weighted by Crippen LogP contribution is 2.30. The lowest BCUT2D eigenvalue weighted by atomic mass is 9.98. The van der Waals surface area contributed by atoms with E-state index in [9.17, 15) is 13.2 Å². The van der Waals surface area contributed by atoms with Gasteiger partial charge in [0.1, 0.15) is 4.21 Å². The summed E-state index contributed by atoms with van der Waals surface area (Å²) in [5.41, 5.74) is 2.22. The number of amides is 1. The first-order chi connectivity index (χ1) is 13.8. The van der Waals surface area contributed by atoms with Gasteiger partial charge in [0.05, 0.1) is 14.6 Å². The molecule has 29 heavy (non-hydrogen) atoms. The highest BCUT2D eigenvalue weighted by Gasteiger charge is 2.33. The highest BCUT2D eigenvalue weighted by atomic mass is 35.5. The molecule has 0 spiro atoms. The van der Waals surface area contributed by atoms with E-state index < -0.39 is 10.0 Å². The Kier molecular flexibility index (Phi) is 5.69.